The van der Waals surface area contributed by atoms with E-state index in [1.54, 1.807) is 39.0 Å². The maximum Gasteiger partial charge on any atom is 0.459 e. The number of aromatic nitrogens is 2. The van der Waals surface area contributed by atoms with Gasteiger partial charge in [-0.15, -0.1) is 0 Å². The number of carbonyl (C=O) groups excluding carboxylic acids is 1. The highest BCUT2D eigenvalue weighted by Crippen LogP contribution is 2.46. The summed E-state index contributed by atoms with van der Waals surface area (Å²) in [6.07, 6.45) is -5.58. The molecule has 1 aliphatic rings. The van der Waals surface area contributed by atoms with Crippen LogP contribution < -0.4 is 15.3 Å². The number of esters is 1. The minimum Gasteiger partial charge on any atom is -0.462 e. The van der Waals surface area contributed by atoms with Gasteiger partial charge in [-0.05, 0) is 39.8 Å². The average Bonchev–Trinajstić information content (AvgIpc) is 3.08. The van der Waals surface area contributed by atoms with E-state index in [1.807, 2.05) is 0 Å². The summed E-state index contributed by atoms with van der Waals surface area (Å²) in [6.45, 7) is 5.78. The zero-order valence-corrected chi connectivity index (χ0v) is 21.8. The number of H-pyrrole nitrogens is 1. The lowest BCUT2D eigenvalue weighted by molar-refractivity contribution is -0.149. The Balaban J connectivity index is 1.77. The molecule has 3 N–H and O–H groups in total. The van der Waals surface area contributed by atoms with Gasteiger partial charge in [0.15, 0.2) is 12.4 Å². The molecule has 1 saturated heterocycles. The zero-order chi connectivity index (χ0) is 26.6. The number of alkyl halides is 1. The quantitative estimate of drug-likeness (QED) is 0.232. The van der Waals surface area contributed by atoms with E-state index < -0.39 is 62.8 Å². The molecule has 0 saturated carbocycles. The van der Waals surface area contributed by atoms with Gasteiger partial charge in [-0.2, -0.15) is 5.09 Å². The van der Waals surface area contributed by atoms with Crippen molar-refractivity contribution in [2.75, 3.05) is 6.61 Å². The number of aliphatic hydroxyl groups is 1. The van der Waals surface area contributed by atoms with Gasteiger partial charge in [0.1, 0.15) is 28.6 Å². The molecule has 2 heterocycles. The first-order valence-electron chi connectivity index (χ1n) is 11.2. The van der Waals surface area contributed by atoms with Crippen LogP contribution >= 0.6 is 20.0 Å². The first-order chi connectivity index (χ1) is 16.9. The van der Waals surface area contributed by atoms with Gasteiger partial charge < -0.3 is 19.1 Å². The van der Waals surface area contributed by atoms with Gasteiger partial charge in [-0.3, -0.25) is 18.9 Å². The molecule has 0 aliphatic carbocycles. The number of carbonyl (C=O) groups is 1. The van der Waals surface area contributed by atoms with Crippen LogP contribution in [-0.2, 0) is 23.4 Å². The normalized spacial score (nSPS) is 24.3. The molecular formula is C22H29FN3O8PS. The summed E-state index contributed by atoms with van der Waals surface area (Å²) in [5, 5.41) is 12.9. The number of nitrogens with one attached hydrogen (secondary N) is 2. The third-order valence-corrected chi connectivity index (χ3v) is 7.22. The molecule has 0 radical (unpaired) electrons. The Labute approximate surface area is 212 Å². The highest BCUT2D eigenvalue weighted by Gasteiger charge is 2.47. The number of halogens is 1. The van der Waals surface area contributed by atoms with Crippen molar-refractivity contribution in [1.29, 1.82) is 0 Å². The Bertz CT molecular complexity index is 1220. The van der Waals surface area contributed by atoms with Crippen LogP contribution in [0.4, 0.5) is 4.39 Å². The largest absolute Gasteiger partial charge is 0.462 e. The summed E-state index contributed by atoms with van der Waals surface area (Å²) < 4.78 is 51.3. The fourth-order valence-corrected chi connectivity index (χ4v) is 4.99. The van der Waals surface area contributed by atoms with Gasteiger partial charge in [0.2, 0.25) is 0 Å². The third kappa shape index (κ3) is 6.87. The van der Waals surface area contributed by atoms with Crippen LogP contribution in [0.3, 0.4) is 0 Å². The van der Waals surface area contributed by atoms with Crippen LogP contribution in [0.5, 0.6) is 5.75 Å². The number of rotatable bonds is 10. The van der Waals surface area contributed by atoms with Crippen molar-refractivity contribution >= 4 is 25.9 Å². The van der Waals surface area contributed by atoms with Crippen molar-refractivity contribution in [3.63, 3.8) is 0 Å². The number of para-hydroxylation sites is 1. The van der Waals surface area contributed by atoms with Crippen LogP contribution in [0.15, 0.2) is 41.3 Å². The molecule has 14 heteroatoms. The van der Waals surface area contributed by atoms with E-state index in [0.29, 0.717) is 5.56 Å². The maximum atomic E-state index is 14.9. The second-order valence-electron chi connectivity index (χ2n) is 8.51. The van der Waals surface area contributed by atoms with Gasteiger partial charge in [-0.25, -0.2) is 13.8 Å². The second kappa shape index (κ2) is 11.8. The van der Waals surface area contributed by atoms with E-state index in [-0.39, 0.29) is 10.4 Å². The summed E-state index contributed by atoms with van der Waals surface area (Å²) in [5.74, 6) is -0.517. The van der Waals surface area contributed by atoms with E-state index >= 15 is 0 Å². The van der Waals surface area contributed by atoms with Crippen molar-refractivity contribution in [2.45, 2.75) is 64.4 Å². The molecule has 1 aliphatic heterocycles. The van der Waals surface area contributed by atoms with Crippen molar-refractivity contribution in [2.24, 2.45) is 0 Å². The molecule has 1 unspecified atom stereocenters. The Morgan fingerprint density at radius 1 is 1.33 bits per heavy atom. The zero-order valence-electron chi connectivity index (χ0n) is 20.1. The fraction of sp³-hybridized carbons (Fsp3) is 0.500. The molecular weight excluding hydrogens is 516 g/mol. The smallest absolute Gasteiger partial charge is 0.459 e. The Kier molecular flexibility index (Phi) is 9.20. The monoisotopic (exact) mass is 545 g/mol. The van der Waals surface area contributed by atoms with Crippen LogP contribution in [-0.4, -0.2) is 57.8 Å². The van der Waals surface area contributed by atoms with Gasteiger partial charge in [0.05, 0.1) is 12.7 Å². The minimum atomic E-state index is -4.26. The van der Waals surface area contributed by atoms with Crippen LogP contribution in [0.25, 0.3) is 0 Å². The van der Waals surface area contributed by atoms with E-state index in [9.17, 15) is 23.7 Å². The van der Waals surface area contributed by atoms with Crippen LogP contribution in [0, 0.1) is 11.6 Å². The van der Waals surface area contributed by atoms with Crippen molar-refractivity contribution in [3.8, 4) is 5.75 Å². The number of ether oxygens (including phenoxy) is 2. The lowest BCUT2D eigenvalue weighted by atomic mass is 10.1. The van der Waals surface area contributed by atoms with Crippen molar-refractivity contribution < 1.29 is 37.4 Å². The summed E-state index contributed by atoms with van der Waals surface area (Å²) in [7, 11) is -4.26. The molecule has 0 spiro atoms. The van der Waals surface area contributed by atoms with E-state index in [4.69, 9.17) is 30.7 Å². The lowest BCUT2D eigenvalue weighted by Crippen LogP contribution is -2.37. The van der Waals surface area contributed by atoms with Crippen molar-refractivity contribution in [3.05, 3.63) is 57.2 Å². The van der Waals surface area contributed by atoms with Gasteiger partial charge in [0.25, 0.3) is 0 Å². The second-order valence-corrected chi connectivity index (χ2v) is 10.6. The first kappa shape index (κ1) is 28.2. The molecule has 1 fully saturated rings. The lowest BCUT2D eigenvalue weighted by Gasteiger charge is -2.25. The summed E-state index contributed by atoms with van der Waals surface area (Å²) in [4.78, 5) is 26.9. The SMILES string of the molecule is Cc1cn([C@H]2O[C@@H](CO[P@](=O)(N[C@@H](C)C(=O)OC(C)C)Oc3ccccc3)C(O)[C@H]2F)c(=O)[nH]c1=S. The molecule has 0 amide bonds. The number of nitrogens with zero attached hydrogens (tertiary/aromatic N) is 1. The number of benzene rings is 1. The summed E-state index contributed by atoms with van der Waals surface area (Å²) in [5.41, 5.74) is -0.217. The Morgan fingerprint density at radius 3 is 2.64 bits per heavy atom. The molecule has 36 heavy (non-hydrogen) atoms. The number of hydrogen-bond acceptors (Lipinski definition) is 9. The van der Waals surface area contributed by atoms with Crippen molar-refractivity contribution in [1.82, 2.24) is 14.6 Å². The molecule has 11 nitrogen and oxygen atoms in total. The van der Waals surface area contributed by atoms with Gasteiger partial charge in [0, 0.05) is 11.8 Å². The number of hydrogen-bond donors (Lipinski definition) is 3. The van der Waals surface area contributed by atoms with E-state index in [0.717, 1.165) is 4.57 Å². The third-order valence-electron chi connectivity index (χ3n) is 5.15. The molecule has 0 bridgehead atoms. The molecule has 198 valence electrons. The maximum absolute atomic E-state index is 14.9. The number of aryl methyl sites for hydroxylation is 1. The minimum absolute atomic E-state index is 0.175. The summed E-state index contributed by atoms with van der Waals surface area (Å²) >= 11 is 5.00. The Morgan fingerprint density at radius 2 is 2.00 bits per heavy atom. The van der Waals surface area contributed by atoms with E-state index in [1.165, 1.54) is 25.3 Å². The highest BCUT2D eigenvalue weighted by molar-refractivity contribution is 7.71. The summed E-state index contributed by atoms with van der Waals surface area (Å²) in [6, 6.07) is 6.96. The molecule has 1 aromatic heterocycles. The topological polar surface area (TPSA) is 141 Å². The van der Waals surface area contributed by atoms with Gasteiger partial charge in [-0.1, -0.05) is 30.4 Å². The standard InChI is InChI=1S/C22H29FN3O8PS/c1-12(2)32-21(28)14(4)25-35(30,34-15-8-6-5-7-9-15)31-11-16-18(27)17(23)20(33-16)26-10-13(3)19(36)24-22(26)29/h5-10,12,14,16-18,20,27H,11H2,1-4H3,(H,25,30)(H,24,29,36)/t14-,16-,17+,18?,20-,35+/m0/s1. The Hall–Kier alpha value is -2.41. The fourth-order valence-electron chi connectivity index (χ4n) is 3.35. The van der Waals surface area contributed by atoms with Crippen LogP contribution in [0.2, 0.25) is 0 Å². The molecule has 1 aromatic carbocycles. The number of aliphatic hydroxyl groups excluding tert-OH is 1. The first-order valence-corrected chi connectivity index (χ1v) is 13.1. The van der Waals surface area contributed by atoms with E-state index in [2.05, 4.69) is 10.1 Å². The number of aromatic amines is 1. The molecule has 3 rings (SSSR count). The van der Waals surface area contributed by atoms with Gasteiger partial charge >= 0.3 is 19.4 Å². The van der Waals surface area contributed by atoms with Crippen LogP contribution in [0.1, 0.15) is 32.6 Å². The predicted octanol–water partition coefficient (Wildman–Crippen LogP) is 2.94. The predicted molar refractivity (Wildman–Crippen MR) is 130 cm³/mol. The highest BCUT2D eigenvalue weighted by atomic mass is 32.1. The molecule has 6 atom stereocenters. The average molecular weight is 546 g/mol. The molecule has 2 aromatic rings.